The van der Waals surface area contributed by atoms with Crippen LogP contribution in [0.3, 0.4) is 0 Å². The van der Waals surface area contributed by atoms with Gasteiger partial charge in [-0.2, -0.15) is 0 Å². The van der Waals surface area contributed by atoms with Gasteiger partial charge >= 0.3 is 0 Å². The molecule has 0 bridgehead atoms. The summed E-state index contributed by atoms with van der Waals surface area (Å²) in [6.45, 7) is 0. The van der Waals surface area contributed by atoms with Crippen LogP contribution in [0.5, 0.6) is 0 Å². The number of rotatable bonds is 0. The molecule has 0 N–H and O–H groups in total. The third-order valence-corrected chi connectivity index (χ3v) is 1.76. The summed E-state index contributed by atoms with van der Waals surface area (Å²) in [7, 11) is 0. The van der Waals surface area contributed by atoms with Gasteiger partial charge in [-0.3, -0.25) is 4.79 Å². The zero-order valence-electron chi connectivity index (χ0n) is 6.08. The van der Waals surface area contributed by atoms with E-state index in [1.807, 2.05) is 12.2 Å². The lowest BCUT2D eigenvalue weighted by Crippen LogP contribution is -1.82. The normalized spacial score (nSPS) is 20.9. The van der Waals surface area contributed by atoms with Crippen LogP contribution in [0.25, 0.3) is 0 Å². The molecule has 0 atom stereocenters. The summed E-state index contributed by atoms with van der Waals surface area (Å²) in [5, 5.41) is 0. The minimum Gasteiger partial charge on any atom is -0.290 e. The third kappa shape index (κ3) is 1.37. The summed E-state index contributed by atoms with van der Waals surface area (Å²) in [5.74, 6) is 0.0925. The van der Waals surface area contributed by atoms with Crippen molar-refractivity contribution in [3.05, 3.63) is 47.6 Å². The molecule has 0 heterocycles. The molecular weight excluding hydrogens is 136 g/mol. The Hall–Kier alpha value is -1.37. The van der Waals surface area contributed by atoms with Crippen LogP contribution in [0.15, 0.2) is 47.6 Å². The molecular formula is C10H8O. The van der Waals surface area contributed by atoms with Crippen LogP contribution in [0, 0.1) is 0 Å². The number of ketones is 1. The number of fused-ring (bicyclic) bond motifs is 1. The van der Waals surface area contributed by atoms with Gasteiger partial charge in [0.05, 0.1) is 0 Å². The second kappa shape index (κ2) is 2.35. The van der Waals surface area contributed by atoms with E-state index >= 15 is 0 Å². The Balaban J connectivity index is 2.36. The number of hydrogen-bond donors (Lipinski definition) is 0. The van der Waals surface area contributed by atoms with Crippen molar-refractivity contribution in [3.8, 4) is 0 Å². The monoisotopic (exact) mass is 144 g/mol. The zero-order valence-corrected chi connectivity index (χ0v) is 6.08. The van der Waals surface area contributed by atoms with Crippen molar-refractivity contribution in [2.24, 2.45) is 0 Å². The molecule has 1 fully saturated rings. The second-order valence-electron chi connectivity index (χ2n) is 2.68. The van der Waals surface area contributed by atoms with Gasteiger partial charge in [0, 0.05) is 0 Å². The molecule has 0 aromatic carbocycles. The van der Waals surface area contributed by atoms with Crippen LogP contribution >= 0.6 is 0 Å². The van der Waals surface area contributed by atoms with Crippen LogP contribution in [0.2, 0.25) is 0 Å². The topological polar surface area (TPSA) is 17.1 Å². The Kier molecular flexibility index (Phi) is 1.35. The van der Waals surface area contributed by atoms with Crippen LogP contribution in [0.4, 0.5) is 0 Å². The number of carbonyl (C=O) groups is 1. The molecule has 2 aliphatic rings. The number of carbonyl (C=O) groups excluding carboxylic acids is 1. The standard InChI is InChI=1S/C10H8O/c11-10-5-3-1-2-4-8-6-9(8)7-10/h1-5,7H,6H2. The highest BCUT2D eigenvalue weighted by molar-refractivity contribution is 6.01. The molecule has 1 saturated carbocycles. The summed E-state index contributed by atoms with van der Waals surface area (Å²) in [5.41, 5.74) is 2.48. The predicted octanol–water partition coefficient (Wildman–Crippen LogP) is 1.94. The minimum absolute atomic E-state index is 0.0925. The molecule has 54 valence electrons. The fourth-order valence-electron chi connectivity index (χ4n) is 1.08. The zero-order chi connectivity index (χ0) is 7.68. The third-order valence-electron chi connectivity index (χ3n) is 1.76. The first-order valence-electron chi connectivity index (χ1n) is 3.65. The summed E-state index contributed by atoms with van der Waals surface area (Å²) >= 11 is 0. The summed E-state index contributed by atoms with van der Waals surface area (Å²) < 4.78 is 0. The average molecular weight is 144 g/mol. The smallest absolute Gasteiger partial charge is 0.178 e. The van der Waals surface area contributed by atoms with Crippen LogP contribution < -0.4 is 0 Å². The van der Waals surface area contributed by atoms with Crippen molar-refractivity contribution in [2.75, 3.05) is 0 Å². The maximum absolute atomic E-state index is 11.0. The van der Waals surface area contributed by atoms with Gasteiger partial charge < -0.3 is 0 Å². The molecule has 0 aromatic heterocycles. The van der Waals surface area contributed by atoms with Gasteiger partial charge in [-0.15, -0.1) is 0 Å². The first-order chi connectivity index (χ1) is 5.36. The summed E-state index contributed by atoms with van der Waals surface area (Å²) in [4.78, 5) is 11.0. The van der Waals surface area contributed by atoms with Gasteiger partial charge in [0.1, 0.15) is 0 Å². The van der Waals surface area contributed by atoms with Crippen molar-refractivity contribution < 1.29 is 4.79 Å². The van der Waals surface area contributed by atoms with Crippen molar-refractivity contribution in [1.82, 2.24) is 0 Å². The SMILES string of the molecule is O=C1C=CC=CC=C2CC2=C1. The van der Waals surface area contributed by atoms with Gasteiger partial charge in [-0.1, -0.05) is 24.3 Å². The summed E-state index contributed by atoms with van der Waals surface area (Å²) in [6.07, 6.45) is 11.9. The fourth-order valence-corrected chi connectivity index (χ4v) is 1.08. The lowest BCUT2D eigenvalue weighted by Gasteiger charge is -1.76. The Morgan fingerprint density at radius 1 is 1.09 bits per heavy atom. The fraction of sp³-hybridized carbons (Fsp3) is 0.100. The lowest BCUT2D eigenvalue weighted by molar-refractivity contribution is -0.110. The predicted molar refractivity (Wildman–Crippen MR) is 44.1 cm³/mol. The molecule has 0 saturated heterocycles. The van der Waals surface area contributed by atoms with E-state index in [1.54, 1.807) is 18.2 Å². The molecule has 0 spiro atoms. The molecule has 1 nitrogen and oxygen atoms in total. The number of allylic oxidation sites excluding steroid dienone is 8. The van der Waals surface area contributed by atoms with Crippen molar-refractivity contribution in [1.29, 1.82) is 0 Å². The first kappa shape index (κ1) is 6.35. The molecule has 0 unspecified atom stereocenters. The van der Waals surface area contributed by atoms with E-state index in [1.165, 1.54) is 11.1 Å². The Morgan fingerprint density at radius 2 is 2.00 bits per heavy atom. The molecule has 2 aliphatic carbocycles. The molecule has 0 amide bonds. The average Bonchev–Trinajstić information content (AvgIpc) is 2.66. The first-order valence-corrected chi connectivity index (χ1v) is 3.65. The second-order valence-corrected chi connectivity index (χ2v) is 2.68. The van der Waals surface area contributed by atoms with Crippen molar-refractivity contribution >= 4 is 5.78 Å². The Bertz CT molecular complexity index is 314. The molecule has 1 heteroatoms. The van der Waals surface area contributed by atoms with E-state index in [0.717, 1.165) is 6.42 Å². The maximum Gasteiger partial charge on any atom is 0.178 e. The van der Waals surface area contributed by atoms with Crippen molar-refractivity contribution in [2.45, 2.75) is 6.42 Å². The molecule has 0 aliphatic heterocycles. The highest BCUT2D eigenvalue weighted by Gasteiger charge is 2.20. The van der Waals surface area contributed by atoms with E-state index in [4.69, 9.17) is 0 Å². The quantitative estimate of drug-likeness (QED) is 0.507. The Labute approximate surface area is 65.4 Å². The van der Waals surface area contributed by atoms with Crippen molar-refractivity contribution in [3.63, 3.8) is 0 Å². The van der Waals surface area contributed by atoms with E-state index in [0.29, 0.717) is 0 Å². The van der Waals surface area contributed by atoms with Crippen LogP contribution in [0.1, 0.15) is 6.42 Å². The van der Waals surface area contributed by atoms with Crippen LogP contribution in [-0.2, 0) is 4.79 Å². The lowest BCUT2D eigenvalue weighted by atomic mass is 10.3. The van der Waals surface area contributed by atoms with Gasteiger partial charge in [0.15, 0.2) is 5.78 Å². The molecule has 2 rings (SSSR count). The minimum atomic E-state index is 0.0925. The van der Waals surface area contributed by atoms with Gasteiger partial charge in [-0.25, -0.2) is 0 Å². The van der Waals surface area contributed by atoms with Gasteiger partial charge in [0.2, 0.25) is 0 Å². The maximum atomic E-state index is 11.0. The van der Waals surface area contributed by atoms with Gasteiger partial charge in [0.25, 0.3) is 0 Å². The van der Waals surface area contributed by atoms with E-state index in [9.17, 15) is 4.79 Å². The number of hydrogen-bond acceptors (Lipinski definition) is 1. The van der Waals surface area contributed by atoms with E-state index < -0.39 is 0 Å². The molecule has 11 heavy (non-hydrogen) atoms. The molecule has 0 radical (unpaired) electrons. The largest absolute Gasteiger partial charge is 0.290 e. The highest BCUT2D eigenvalue weighted by Crippen LogP contribution is 2.36. The highest BCUT2D eigenvalue weighted by atomic mass is 16.1. The Morgan fingerprint density at radius 3 is 2.91 bits per heavy atom. The van der Waals surface area contributed by atoms with Crippen LogP contribution in [-0.4, -0.2) is 5.78 Å². The summed E-state index contributed by atoms with van der Waals surface area (Å²) in [6, 6.07) is 0. The van der Waals surface area contributed by atoms with Gasteiger partial charge in [-0.05, 0) is 29.7 Å². The molecule has 0 aromatic rings. The van der Waals surface area contributed by atoms with E-state index in [-0.39, 0.29) is 5.78 Å². The van der Waals surface area contributed by atoms with E-state index in [2.05, 4.69) is 6.08 Å².